The van der Waals surface area contributed by atoms with Crippen LogP contribution in [0, 0.1) is 5.92 Å². The molecule has 1 aromatic carbocycles. The van der Waals surface area contributed by atoms with E-state index in [0.717, 1.165) is 51.3 Å². The summed E-state index contributed by atoms with van der Waals surface area (Å²) in [5.74, 6) is 1.44. The fourth-order valence-corrected chi connectivity index (χ4v) is 3.35. The minimum Gasteiger partial charge on any atom is -1.00 e. The van der Waals surface area contributed by atoms with Crippen LogP contribution in [0.4, 0.5) is 0 Å². The van der Waals surface area contributed by atoms with E-state index in [1.165, 1.54) is 10.5 Å². The van der Waals surface area contributed by atoms with Crippen LogP contribution in [0.2, 0.25) is 0 Å². The first-order valence-electron chi connectivity index (χ1n) is 8.43. The summed E-state index contributed by atoms with van der Waals surface area (Å²) in [5.41, 5.74) is 1.31. The number of nitrogens with zero attached hydrogens (tertiary/aromatic N) is 1. The molecule has 1 fully saturated rings. The SMILES string of the molecule is CCN(CC)C(=O)C1CCC[NH+](Cc2ccc(OC)cc2)C1.[Br-]. The monoisotopic (exact) mass is 384 g/mol. The van der Waals surface area contributed by atoms with Gasteiger partial charge in [0, 0.05) is 18.7 Å². The Morgan fingerprint density at radius 2 is 1.91 bits per heavy atom. The molecule has 5 heteroatoms. The number of hydrogen-bond donors (Lipinski definition) is 1. The van der Waals surface area contributed by atoms with Gasteiger partial charge in [-0.1, -0.05) is 0 Å². The molecule has 1 heterocycles. The number of ether oxygens (including phenoxy) is 1. The van der Waals surface area contributed by atoms with Gasteiger partial charge in [0.1, 0.15) is 12.3 Å². The van der Waals surface area contributed by atoms with Crippen molar-refractivity contribution in [2.24, 2.45) is 5.92 Å². The third-order valence-corrected chi connectivity index (χ3v) is 4.66. The zero-order valence-corrected chi connectivity index (χ0v) is 16.1. The number of rotatable bonds is 6. The minimum atomic E-state index is 0. The highest BCUT2D eigenvalue weighted by Gasteiger charge is 2.30. The van der Waals surface area contributed by atoms with Crippen molar-refractivity contribution in [2.75, 3.05) is 33.3 Å². The summed E-state index contributed by atoms with van der Waals surface area (Å²) in [5, 5.41) is 0. The molecule has 1 aromatic rings. The van der Waals surface area contributed by atoms with E-state index < -0.39 is 0 Å². The predicted molar refractivity (Wildman–Crippen MR) is 88.0 cm³/mol. The first-order valence-corrected chi connectivity index (χ1v) is 8.43. The Morgan fingerprint density at radius 1 is 1.26 bits per heavy atom. The van der Waals surface area contributed by atoms with Crippen molar-refractivity contribution in [1.82, 2.24) is 4.90 Å². The van der Waals surface area contributed by atoms with Crippen molar-refractivity contribution in [3.05, 3.63) is 29.8 Å². The van der Waals surface area contributed by atoms with Crippen LogP contribution in [-0.2, 0) is 11.3 Å². The van der Waals surface area contributed by atoms with Crippen molar-refractivity contribution >= 4 is 5.91 Å². The lowest BCUT2D eigenvalue weighted by atomic mass is 9.96. The number of likely N-dealkylation sites (tertiary alicyclic amines) is 1. The maximum Gasteiger partial charge on any atom is 0.231 e. The molecule has 1 aliphatic heterocycles. The summed E-state index contributed by atoms with van der Waals surface area (Å²) in [6.45, 7) is 8.87. The number of hydrogen-bond acceptors (Lipinski definition) is 2. The maximum absolute atomic E-state index is 12.5. The average molecular weight is 385 g/mol. The van der Waals surface area contributed by atoms with Crippen molar-refractivity contribution in [1.29, 1.82) is 0 Å². The van der Waals surface area contributed by atoms with Crippen molar-refractivity contribution in [2.45, 2.75) is 33.2 Å². The van der Waals surface area contributed by atoms with E-state index in [9.17, 15) is 4.79 Å². The van der Waals surface area contributed by atoms with Gasteiger partial charge in [0.05, 0.1) is 26.1 Å². The van der Waals surface area contributed by atoms with E-state index in [-0.39, 0.29) is 22.9 Å². The predicted octanol–water partition coefficient (Wildman–Crippen LogP) is -1.64. The zero-order chi connectivity index (χ0) is 15.9. The molecule has 0 bridgehead atoms. The fourth-order valence-electron chi connectivity index (χ4n) is 3.35. The van der Waals surface area contributed by atoms with Crippen molar-refractivity contribution in [3.63, 3.8) is 0 Å². The van der Waals surface area contributed by atoms with Gasteiger partial charge < -0.3 is 31.5 Å². The van der Waals surface area contributed by atoms with E-state index in [0.29, 0.717) is 5.91 Å². The second kappa shape index (κ2) is 9.93. The highest BCUT2D eigenvalue weighted by Crippen LogP contribution is 2.13. The van der Waals surface area contributed by atoms with E-state index in [4.69, 9.17) is 4.74 Å². The van der Waals surface area contributed by atoms with E-state index >= 15 is 0 Å². The molecule has 130 valence electrons. The van der Waals surface area contributed by atoms with Crippen LogP contribution in [0.15, 0.2) is 24.3 Å². The number of carbonyl (C=O) groups excluding carboxylic acids is 1. The molecule has 2 rings (SSSR count). The Balaban J connectivity index is 0.00000264. The second-order valence-electron chi connectivity index (χ2n) is 6.08. The first kappa shape index (κ1) is 20.0. The second-order valence-corrected chi connectivity index (χ2v) is 6.08. The first-order chi connectivity index (χ1) is 10.7. The lowest BCUT2D eigenvalue weighted by Crippen LogP contribution is -3.12. The molecular weight excluding hydrogens is 356 g/mol. The summed E-state index contributed by atoms with van der Waals surface area (Å²) in [4.78, 5) is 16.0. The third kappa shape index (κ3) is 5.50. The van der Waals surface area contributed by atoms with Gasteiger partial charge in [0.2, 0.25) is 5.91 Å². The maximum atomic E-state index is 12.5. The standard InChI is InChI=1S/C18H28N2O2.BrH/c1-4-20(5-2)18(21)16-7-6-12-19(14-16)13-15-8-10-17(22-3)11-9-15;/h8-11,16H,4-7,12-14H2,1-3H3;1H. The molecule has 1 aliphatic rings. The quantitative estimate of drug-likeness (QED) is 0.638. The number of quaternary nitrogens is 1. The van der Waals surface area contributed by atoms with Crippen LogP contribution in [-0.4, -0.2) is 44.1 Å². The van der Waals surface area contributed by atoms with E-state index in [1.54, 1.807) is 7.11 Å². The molecule has 1 saturated heterocycles. The molecule has 0 spiro atoms. The fraction of sp³-hybridized carbons (Fsp3) is 0.611. The normalized spacial score (nSPS) is 20.5. The molecule has 4 nitrogen and oxygen atoms in total. The molecule has 2 atom stereocenters. The Kier molecular flexibility index (Phi) is 8.63. The van der Waals surface area contributed by atoms with Gasteiger partial charge in [0.25, 0.3) is 0 Å². The Hall–Kier alpha value is -1.07. The molecule has 0 aromatic heterocycles. The van der Waals surface area contributed by atoms with Crippen molar-refractivity contribution < 1.29 is 31.4 Å². The van der Waals surface area contributed by atoms with Crippen molar-refractivity contribution in [3.8, 4) is 5.75 Å². The summed E-state index contributed by atoms with van der Waals surface area (Å²) in [7, 11) is 1.69. The number of carbonyl (C=O) groups is 1. The number of piperidine rings is 1. The number of benzene rings is 1. The minimum absolute atomic E-state index is 0. The summed E-state index contributed by atoms with van der Waals surface area (Å²) in [6.07, 6.45) is 2.19. The lowest BCUT2D eigenvalue weighted by molar-refractivity contribution is -0.921. The van der Waals surface area contributed by atoms with Gasteiger partial charge in [-0.05, 0) is 51.0 Å². The van der Waals surface area contributed by atoms with Crippen LogP contribution in [0.3, 0.4) is 0 Å². The Labute approximate surface area is 150 Å². The highest BCUT2D eigenvalue weighted by atomic mass is 79.9. The lowest BCUT2D eigenvalue weighted by Gasteiger charge is -2.32. The van der Waals surface area contributed by atoms with Gasteiger partial charge in [-0.15, -0.1) is 0 Å². The van der Waals surface area contributed by atoms with Crippen LogP contribution in [0.1, 0.15) is 32.3 Å². The number of amides is 1. The number of halogens is 1. The van der Waals surface area contributed by atoms with E-state index in [1.807, 2.05) is 17.0 Å². The van der Waals surface area contributed by atoms with E-state index in [2.05, 4.69) is 26.0 Å². The van der Waals surface area contributed by atoms with Gasteiger partial charge in [-0.2, -0.15) is 0 Å². The molecule has 1 amide bonds. The topological polar surface area (TPSA) is 34.0 Å². The third-order valence-electron chi connectivity index (χ3n) is 4.66. The highest BCUT2D eigenvalue weighted by molar-refractivity contribution is 5.78. The molecule has 0 saturated carbocycles. The largest absolute Gasteiger partial charge is 1.00 e. The smallest absolute Gasteiger partial charge is 0.231 e. The number of nitrogens with one attached hydrogen (secondary N) is 1. The van der Waals surface area contributed by atoms with Crippen LogP contribution >= 0.6 is 0 Å². The average Bonchev–Trinajstić information content (AvgIpc) is 2.57. The summed E-state index contributed by atoms with van der Waals surface area (Å²) >= 11 is 0. The van der Waals surface area contributed by atoms with Gasteiger partial charge in [-0.25, -0.2) is 0 Å². The molecule has 2 unspecified atom stereocenters. The Morgan fingerprint density at radius 3 is 2.48 bits per heavy atom. The van der Waals surface area contributed by atoms with Crippen LogP contribution in [0.25, 0.3) is 0 Å². The molecule has 0 aliphatic carbocycles. The number of methoxy groups -OCH3 is 1. The molecular formula is C18H29BrN2O2. The molecule has 23 heavy (non-hydrogen) atoms. The Bertz CT molecular complexity index is 474. The van der Waals surface area contributed by atoms with Gasteiger partial charge in [-0.3, -0.25) is 4.79 Å². The zero-order valence-electron chi connectivity index (χ0n) is 14.5. The molecule has 0 radical (unpaired) electrons. The summed E-state index contributed by atoms with van der Waals surface area (Å²) in [6, 6.07) is 8.28. The summed E-state index contributed by atoms with van der Waals surface area (Å²) < 4.78 is 5.20. The van der Waals surface area contributed by atoms with Crippen LogP contribution in [0.5, 0.6) is 5.75 Å². The molecule has 1 N–H and O–H groups in total. The van der Waals surface area contributed by atoms with Crippen LogP contribution < -0.4 is 26.6 Å². The van der Waals surface area contributed by atoms with Gasteiger partial charge >= 0.3 is 0 Å². The van der Waals surface area contributed by atoms with Gasteiger partial charge in [0.15, 0.2) is 0 Å².